The summed E-state index contributed by atoms with van der Waals surface area (Å²) in [5, 5.41) is 10.9. The Kier molecular flexibility index (Phi) is 5.17. The van der Waals surface area contributed by atoms with Crippen LogP contribution in [0.3, 0.4) is 0 Å². The maximum atomic E-state index is 12.4. The van der Waals surface area contributed by atoms with E-state index in [1.54, 1.807) is 29.3 Å². The number of amides is 2. The summed E-state index contributed by atoms with van der Waals surface area (Å²) in [7, 11) is 0. The van der Waals surface area contributed by atoms with Crippen molar-refractivity contribution in [2.45, 2.75) is 13.0 Å². The highest BCUT2D eigenvalue weighted by atomic mass is 16.2. The molecule has 8 nitrogen and oxygen atoms in total. The first-order valence-electron chi connectivity index (χ1n) is 9.23. The lowest BCUT2D eigenvalue weighted by Gasteiger charge is -2.17. The molecule has 2 amide bonds. The van der Waals surface area contributed by atoms with Crippen molar-refractivity contribution in [2.75, 3.05) is 11.9 Å². The minimum Gasteiger partial charge on any atom is -0.330 e. The second-order valence-electron chi connectivity index (χ2n) is 6.64. The lowest BCUT2D eigenvalue weighted by atomic mass is 10.1. The van der Waals surface area contributed by atoms with Crippen molar-refractivity contribution in [1.82, 2.24) is 25.1 Å². The third kappa shape index (κ3) is 4.07. The number of rotatable bonds is 5. The summed E-state index contributed by atoms with van der Waals surface area (Å²) in [4.78, 5) is 21.0. The Balaban J connectivity index is 1.51. The largest absolute Gasteiger partial charge is 0.330 e. The Bertz CT molecular complexity index is 1140. The molecule has 0 radical (unpaired) electrons. The summed E-state index contributed by atoms with van der Waals surface area (Å²) in [6, 6.07) is 14.6. The maximum absolute atomic E-state index is 12.4. The van der Waals surface area contributed by atoms with Gasteiger partial charge in [0.1, 0.15) is 5.82 Å². The van der Waals surface area contributed by atoms with E-state index in [0.29, 0.717) is 12.4 Å². The van der Waals surface area contributed by atoms with Gasteiger partial charge in [-0.2, -0.15) is 5.10 Å². The van der Waals surface area contributed by atoms with Crippen LogP contribution in [0.4, 0.5) is 10.6 Å². The van der Waals surface area contributed by atoms with Crippen molar-refractivity contribution < 1.29 is 4.79 Å². The first kappa shape index (κ1) is 18.6. The molecule has 0 aliphatic carbocycles. The van der Waals surface area contributed by atoms with Crippen LogP contribution >= 0.6 is 0 Å². The van der Waals surface area contributed by atoms with Gasteiger partial charge in [-0.25, -0.2) is 14.5 Å². The molecule has 4 N–H and O–H groups in total. The molecule has 0 fully saturated rings. The lowest BCUT2D eigenvalue weighted by Crippen LogP contribution is -2.36. The Labute approximate surface area is 167 Å². The van der Waals surface area contributed by atoms with Crippen LogP contribution in [0.5, 0.6) is 0 Å². The average molecular weight is 387 g/mol. The van der Waals surface area contributed by atoms with E-state index in [0.717, 1.165) is 27.8 Å². The van der Waals surface area contributed by atoms with Gasteiger partial charge in [0.25, 0.3) is 0 Å². The van der Waals surface area contributed by atoms with Crippen LogP contribution in [0.2, 0.25) is 0 Å². The van der Waals surface area contributed by atoms with Crippen molar-refractivity contribution in [3.05, 3.63) is 78.4 Å². The van der Waals surface area contributed by atoms with Gasteiger partial charge in [0.15, 0.2) is 0 Å². The number of aryl methyl sites for hydroxylation is 1. The lowest BCUT2D eigenvalue weighted by molar-refractivity contribution is 0.248. The fraction of sp³-hybridized carbons (Fsp3) is 0.143. The number of fused-ring (bicyclic) bond motifs is 1. The molecule has 0 aliphatic heterocycles. The first-order chi connectivity index (χ1) is 14.1. The quantitative estimate of drug-likeness (QED) is 0.488. The van der Waals surface area contributed by atoms with Gasteiger partial charge in [0, 0.05) is 23.8 Å². The molecule has 8 heteroatoms. The van der Waals surface area contributed by atoms with E-state index in [-0.39, 0.29) is 12.1 Å². The van der Waals surface area contributed by atoms with Crippen molar-refractivity contribution in [3.63, 3.8) is 0 Å². The van der Waals surface area contributed by atoms with Crippen LogP contribution in [0, 0.1) is 6.92 Å². The van der Waals surface area contributed by atoms with Crippen LogP contribution in [-0.4, -0.2) is 32.3 Å². The van der Waals surface area contributed by atoms with E-state index in [1.165, 1.54) is 0 Å². The topological polar surface area (TPSA) is 111 Å². The van der Waals surface area contributed by atoms with Crippen LogP contribution in [0.15, 0.2) is 67.1 Å². The summed E-state index contributed by atoms with van der Waals surface area (Å²) >= 11 is 0. The molecule has 0 saturated carbocycles. The van der Waals surface area contributed by atoms with Gasteiger partial charge in [-0.15, -0.1) is 0 Å². The van der Waals surface area contributed by atoms with Crippen LogP contribution in [0.1, 0.15) is 17.3 Å². The maximum Gasteiger partial charge on any atom is 0.320 e. The zero-order valence-corrected chi connectivity index (χ0v) is 15.9. The molecule has 0 spiro atoms. The molecule has 146 valence electrons. The molecule has 1 atom stereocenters. The molecule has 3 heterocycles. The molecular formula is C21H21N7O. The van der Waals surface area contributed by atoms with Crippen molar-refractivity contribution >= 4 is 22.8 Å². The molecule has 0 aliphatic rings. The third-order valence-electron chi connectivity index (χ3n) is 4.56. The number of pyridine rings is 2. The SMILES string of the molecule is Cc1cc(-n2ncc3cc(NC(=O)N[C@H](CN)c4ccccc4)ncc32)ccn1. The van der Waals surface area contributed by atoms with E-state index < -0.39 is 0 Å². The minimum atomic E-state index is -0.367. The smallest absolute Gasteiger partial charge is 0.320 e. The summed E-state index contributed by atoms with van der Waals surface area (Å²) in [6.45, 7) is 2.22. The number of nitrogens with zero attached hydrogens (tertiary/aromatic N) is 4. The molecule has 0 bridgehead atoms. The predicted molar refractivity (Wildman–Crippen MR) is 112 cm³/mol. The zero-order valence-electron chi connectivity index (χ0n) is 15.9. The number of benzene rings is 1. The number of carbonyl (C=O) groups is 1. The second kappa shape index (κ2) is 8.07. The van der Waals surface area contributed by atoms with Gasteiger partial charge in [-0.1, -0.05) is 30.3 Å². The fourth-order valence-corrected chi connectivity index (χ4v) is 3.14. The molecular weight excluding hydrogens is 366 g/mol. The van der Waals surface area contributed by atoms with E-state index in [2.05, 4.69) is 25.7 Å². The number of carbonyl (C=O) groups excluding carboxylic acids is 1. The number of aromatic nitrogens is 4. The van der Waals surface area contributed by atoms with Crippen LogP contribution in [-0.2, 0) is 0 Å². The third-order valence-corrected chi connectivity index (χ3v) is 4.56. The number of hydrogen-bond donors (Lipinski definition) is 3. The summed E-state index contributed by atoms with van der Waals surface area (Å²) in [6.07, 6.45) is 5.17. The number of urea groups is 1. The van der Waals surface area contributed by atoms with E-state index >= 15 is 0 Å². The highest BCUT2D eigenvalue weighted by Crippen LogP contribution is 2.20. The van der Waals surface area contributed by atoms with E-state index in [4.69, 9.17) is 5.73 Å². The van der Waals surface area contributed by atoms with Crippen LogP contribution < -0.4 is 16.4 Å². The molecule has 0 unspecified atom stereocenters. The summed E-state index contributed by atoms with van der Waals surface area (Å²) < 4.78 is 1.79. The van der Waals surface area contributed by atoms with Crippen molar-refractivity contribution in [3.8, 4) is 5.69 Å². The van der Waals surface area contributed by atoms with Gasteiger partial charge in [0.05, 0.1) is 29.6 Å². The number of nitrogens with one attached hydrogen (secondary N) is 2. The highest BCUT2D eigenvalue weighted by molar-refractivity contribution is 5.91. The molecule has 0 saturated heterocycles. The van der Waals surface area contributed by atoms with Crippen molar-refractivity contribution in [1.29, 1.82) is 0 Å². The second-order valence-corrected chi connectivity index (χ2v) is 6.64. The van der Waals surface area contributed by atoms with Crippen LogP contribution in [0.25, 0.3) is 16.6 Å². The molecule has 3 aromatic heterocycles. The minimum absolute atomic E-state index is 0.280. The van der Waals surface area contributed by atoms with Gasteiger partial charge in [-0.3, -0.25) is 10.3 Å². The van der Waals surface area contributed by atoms with Crippen molar-refractivity contribution in [2.24, 2.45) is 5.73 Å². The summed E-state index contributed by atoms with van der Waals surface area (Å²) in [5.41, 5.74) is 9.41. The molecule has 4 aromatic rings. The number of anilines is 1. The standard InChI is InChI=1S/C21H21N7O/c1-14-9-17(7-8-23-14)28-19-13-24-20(10-16(19)12-25-28)27-21(29)26-18(11-22)15-5-3-2-4-6-15/h2-10,12-13,18H,11,22H2,1H3,(H2,24,26,27,29)/t18-/m1/s1. The number of nitrogens with two attached hydrogens (primary N) is 1. The average Bonchev–Trinajstić information content (AvgIpc) is 3.16. The Morgan fingerprint density at radius 3 is 2.72 bits per heavy atom. The predicted octanol–water partition coefficient (Wildman–Crippen LogP) is 2.95. The molecule has 29 heavy (non-hydrogen) atoms. The van der Waals surface area contributed by atoms with Gasteiger partial charge >= 0.3 is 6.03 Å². The fourth-order valence-electron chi connectivity index (χ4n) is 3.14. The molecule has 1 aromatic carbocycles. The highest BCUT2D eigenvalue weighted by Gasteiger charge is 2.14. The van der Waals surface area contributed by atoms with Gasteiger partial charge in [-0.05, 0) is 30.7 Å². The normalized spacial score (nSPS) is 11.9. The van der Waals surface area contributed by atoms with E-state index in [9.17, 15) is 4.79 Å². The monoisotopic (exact) mass is 387 g/mol. The Morgan fingerprint density at radius 2 is 1.97 bits per heavy atom. The first-order valence-corrected chi connectivity index (χ1v) is 9.23. The number of hydrogen-bond acceptors (Lipinski definition) is 5. The Morgan fingerprint density at radius 1 is 1.14 bits per heavy atom. The van der Waals surface area contributed by atoms with Gasteiger partial charge in [0.2, 0.25) is 0 Å². The zero-order chi connectivity index (χ0) is 20.2. The Hall–Kier alpha value is -3.78. The van der Waals surface area contributed by atoms with Gasteiger partial charge < -0.3 is 11.1 Å². The van der Waals surface area contributed by atoms with E-state index in [1.807, 2.05) is 49.4 Å². The summed E-state index contributed by atoms with van der Waals surface area (Å²) in [5.74, 6) is 0.435. The molecule has 4 rings (SSSR count).